The zero-order valence-electron chi connectivity index (χ0n) is 8.90. The Bertz CT molecular complexity index is 260. The quantitative estimate of drug-likeness (QED) is 0.646. The molecule has 4 heteroatoms. The van der Waals surface area contributed by atoms with Crippen molar-refractivity contribution in [3.8, 4) is 0 Å². The van der Waals surface area contributed by atoms with Crippen molar-refractivity contribution in [1.82, 2.24) is 15.1 Å². The predicted molar refractivity (Wildman–Crippen MR) is 56.1 cm³/mol. The molecule has 0 saturated carbocycles. The minimum absolute atomic E-state index is 0.221. The fraction of sp³-hybridized carbons (Fsp3) is 0.700. The van der Waals surface area contributed by atoms with Gasteiger partial charge in [0.15, 0.2) is 0 Å². The zero-order valence-corrected chi connectivity index (χ0v) is 8.90. The van der Waals surface area contributed by atoms with Crippen LogP contribution in [0, 0.1) is 0 Å². The van der Waals surface area contributed by atoms with Gasteiger partial charge in [-0.05, 0) is 12.5 Å². The van der Waals surface area contributed by atoms with Gasteiger partial charge in [-0.2, -0.15) is 5.10 Å². The number of hydrogen-bond acceptors (Lipinski definition) is 3. The van der Waals surface area contributed by atoms with Crippen molar-refractivity contribution in [2.24, 2.45) is 7.05 Å². The van der Waals surface area contributed by atoms with Crippen molar-refractivity contribution in [2.75, 3.05) is 13.1 Å². The van der Waals surface area contributed by atoms with E-state index in [1.807, 2.05) is 24.7 Å². The van der Waals surface area contributed by atoms with Crippen LogP contribution in [0.15, 0.2) is 12.3 Å². The maximum Gasteiger partial charge on any atom is 0.0662 e. The molecule has 1 heterocycles. The topological polar surface area (TPSA) is 50.1 Å². The number of nitrogens with one attached hydrogen (secondary N) is 1. The Kier molecular flexibility index (Phi) is 4.62. The standard InChI is InChI=1S/C10H19N3O/c1-3-10(14)8-11-6-4-9-5-7-12-13(9)2/h5,7,10-11,14H,3-4,6,8H2,1-2H3. The maximum absolute atomic E-state index is 9.29. The minimum Gasteiger partial charge on any atom is -0.392 e. The molecule has 0 aromatic carbocycles. The van der Waals surface area contributed by atoms with Crippen molar-refractivity contribution in [3.05, 3.63) is 18.0 Å². The fourth-order valence-corrected chi connectivity index (χ4v) is 1.28. The lowest BCUT2D eigenvalue weighted by Crippen LogP contribution is -2.28. The highest BCUT2D eigenvalue weighted by atomic mass is 16.3. The molecule has 80 valence electrons. The van der Waals surface area contributed by atoms with Crippen molar-refractivity contribution in [2.45, 2.75) is 25.9 Å². The van der Waals surface area contributed by atoms with E-state index in [2.05, 4.69) is 10.4 Å². The van der Waals surface area contributed by atoms with Crippen LogP contribution in [0.5, 0.6) is 0 Å². The van der Waals surface area contributed by atoms with Crippen LogP contribution in [0.4, 0.5) is 0 Å². The number of aromatic nitrogens is 2. The van der Waals surface area contributed by atoms with Gasteiger partial charge in [0.1, 0.15) is 0 Å². The molecule has 0 radical (unpaired) electrons. The van der Waals surface area contributed by atoms with Gasteiger partial charge < -0.3 is 10.4 Å². The van der Waals surface area contributed by atoms with Crippen LogP contribution >= 0.6 is 0 Å². The molecule has 1 unspecified atom stereocenters. The maximum atomic E-state index is 9.29. The first kappa shape index (κ1) is 11.2. The highest BCUT2D eigenvalue weighted by molar-refractivity contribution is 5.00. The molecule has 1 rings (SSSR count). The van der Waals surface area contributed by atoms with Crippen LogP contribution in [-0.2, 0) is 13.5 Å². The zero-order chi connectivity index (χ0) is 10.4. The first-order chi connectivity index (χ1) is 6.74. The molecule has 1 aromatic rings. The summed E-state index contributed by atoms with van der Waals surface area (Å²) in [5.41, 5.74) is 1.21. The van der Waals surface area contributed by atoms with Crippen molar-refractivity contribution < 1.29 is 5.11 Å². The molecule has 0 aliphatic heterocycles. The lowest BCUT2D eigenvalue weighted by molar-refractivity contribution is 0.167. The van der Waals surface area contributed by atoms with E-state index in [0.29, 0.717) is 6.54 Å². The number of aliphatic hydroxyl groups is 1. The first-order valence-electron chi connectivity index (χ1n) is 5.09. The van der Waals surface area contributed by atoms with Crippen molar-refractivity contribution in [3.63, 3.8) is 0 Å². The molecule has 14 heavy (non-hydrogen) atoms. The van der Waals surface area contributed by atoms with Gasteiger partial charge in [0.05, 0.1) is 6.10 Å². The van der Waals surface area contributed by atoms with Gasteiger partial charge in [-0.25, -0.2) is 0 Å². The second-order valence-electron chi connectivity index (χ2n) is 3.46. The molecule has 0 aliphatic carbocycles. The molecular weight excluding hydrogens is 178 g/mol. The summed E-state index contributed by atoms with van der Waals surface area (Å²) in [7, 11) is 1.94. The van der Waals surface area contributed by atoms with Gasteiger partial charge in [0, 0.05) is 38.4 Å². The molecule has 0 fully saturated rings. The normalized spacial score (nSPS) is 13.1. The Morgan fingerprint density at radius 3 is 3.00 bits per heavy atom. The van der Waals surface area contributed by atoms with Crippen LogP contribution in [0.25, 0.3) is 0 Å². The second-order valence-corrected chi connectivity index (χ2v) is 3.46. The highest BCUT2D eigenvalue weighted by Gasteiger charge is 2.00. The third-order valence-electron chi connectivity index (χ3n) is 2.33. The van der Waals surface area contributed by atoms with Gasteiger partial charge in [-0.15, -0.1) is 0 Å². The van der Waals surface area contributed by atoms with Crippen molar-refractivity contribution >= 4 is 0 Å². The van der Waals surface area contributed by atoms with Crippen molar-refractivity contribution in [1.29, 1.82) is 0 Å². The molecule has 0 aliphatic rings. The molecule has 0 saturated heterocycles. The summed E-state index contributed by atoms with van der Waals surface area (Å²) >= 11 is 0. The number of hydrogen-bond donors (Lipinski definition) is 2. The Morgan fingerprint density at radius 1 is 1.64 bits per heavy atom. The van der Waals surface area contributed by atoms with Crippen LogP contribution < -0.4 is 5.32 Å². The van der Waals surface area contributed by atoms with E-state index in [1.165, 1.54) is 5.69 Å². The van der Waals surface area contributed by atoms with Gasteiger partial charge >= 0.3 is 0 Å². The monoisotopic (exact) mass is 197 g/mol. The SMILES string of the molecule is CCC(O)CNCCc1ccnn1C. The van der Waals surface area contributed by atoms with E-state index >= 15 is 0 Å². The number of aryl methyl sites for hydroxylation is 1. The van der Waals surface area contributed by atoms with Gasteiger partial charge in [0.25, 0.3) is 0 Å². The fourth-order valence-electron chi connectivity index (χ4n) is 1.28. The van der Waals surface area contributed by atoms with Gasteiger partial charge in [-0.1, -0.05) is 6.92 Å². The summed E-state index contributed by atoms with van der Waals surface area (Å²) in [4.78, 5) is 0. The molecule has 1 atom stereocenters. The lowest BCUT2D eigenvalue weighted by Gasteiger charge is -2.09. The molecule has 0 bridgehead atoms. The van der Waals surface area contributed by atoms with Crippen LogP contribution in [0.1, 0.15) is 19.0 Å². The summed E-state index contributed by atoms with van der Waals surface area (Å²) < 4.78 is 1.87. The largest absolute Gasteiger partial charge is 0.392 e. The van der Waals surface area contributed by atoms with E-state index in [9.17, 15) is 5.11 Å². The number of rotatable bonds is 6. The Labute approximate surface area is 84.9 Å². The summed E-state index contributed by atoms with van der Waals surface area (Å²) in [6, 6.07) is 2.01. The average Bonchev–Trinajstić information content (AvgIpc) is 2.58. The van der Waals surface area contributed by atoms with E-state index in [0.717, 1.165) is 19.4 Å². The number of nitrogens with zero attached hydrogens (tertiary/aromatic N) is 2. The third-order valence-corrected chi connectivity index (χ3v) is 2.33. The summed E-state index contributed by atoms with van der Waals surface area (Å²) in [5, 5.41) is 16.6. The average molecular weight is 197 g/mol. The Hall–Kier alpha value is -0.870. The Morgan fingerprint density at radius 2 is 2.43 bits per heavy atom. The first-order valence-corrected chi connectivity index (χ1v) is 5.09. The molecule has 2 N–H and O–H groups in total. The van der Waals surface area contributed by atoms with E-state index in [-0.39, 0.29) is 6.10 Å². The number of aliphatic hydroxyl groups excluding tert-OH is 1. The molecule has 0 spiro atoms. The van der Waals surface area contributed by atoms with Crippen LogP contribution in [0.2, 0.25) is 0 Å². The summed E-state index contributed by atoms with van der Waals surface area (Å²) in [6.07, 6.45) is 3.34. The molecule has 0 amide bonds. The van der Waals surface area contributed by atoms with E-state index in [4.69, 9.17) is 0 Å². The van der Waals surface area contributed by atoms with E-state index < -0.39 is 0 Å². The minimum atomic E-state index is -0.221. The van der Waals surface area contributed by atoms with Gasteiger partial charge in [0.2, 0.25) is 0 Å². The van der Waals surface area contributed by atoms with Crippen LogP contribution in [-0.4, -0.2) is 34.1 Å². The van der Waals surface area contributed by atoms with Gasteiger partial charge in [-0.3, -0.25) is 4.68 Å². The second kappa shape index (κ2) is 5.78. The molecular formula is C10H19N3O. The molecule has 4 nitrogen and oxygen atoms in total. The smallest absolute Gasteiger partial charge is 0.0662 e. The lowest BCUT2D eigenvalue weighted by atomic mass is 10.2. The predicted octanol–water partition coefficient (Wildman–Crippen LogP) is 0.323. The summed E-state index contributed by atoms with van der Waals surface area (Å²) in [5.74, 6) is 0. The van der Waals surface area contributed by atoms with E-state index in [1.54, 1.807) is 6.20 Å². The highest BCUT2D eigenvalue weighted by Crippen LogP contribution is 1.96. The Balaban J connectivity index is 2.13. The van der Waals surface area contributed by atoms with Crippen LogP contribution in [0.3, 0.4) is 0 Å². The summed E-state index contributed by atoms with van der Waals surface area (Å²) in [6.45, 7) is 3.54. The molecule has 1 aromatic heterocycles. The third kappa shape index (κ3) is 3.47.